The molecule has 1 heterocycles. The van der Waals surface area contributed by atoms with Gasteiger partial charge in [-0.2, -0.15) is 13.2 Å². The molecule has 1 unspecified atom stereocenters. The quantitative estimate of drug-likeness (QED) is 0.638. The van der Waals surface area contributed by atoms with Crippen molar-refractivity contribution < 1.29 is 23.1 Å². The van der Waals surface area contributed by atoms with Crippen LogP contribution in [0.5, 0.6) is 0 Å². The highest BCUT2D eigenvalue weighted by Crippen LogP contribution is 2.44. The number of hydrogen-bond acceptors (Lipinski definition) is 4. The predicted molar refractivity (Wildman–Crippen MR) is 102 cm³/mol. The Bertz CT molecular complexity index is 958. The molecule has 9 heteroatoms. The number of carbonyl (C=O) groups excluding carboxylic acids is 1. The molecule has 3 rings (SSSR count). The molecule has 0 fully saturated rings. The second-order valence-corrected chi connectivity index (χ2v) is 7.86. The van der Waals surface area contributed by atoms with E-state index in [1.165, 1.54) is 7.05 Å². The van der Waals surface area contributed by atoms with Crippen LogP contribution >= 0.6 is 22.9 Å². The molecule has 1 atom stereocenters. The number of amides is 1. The van der Waals surface area contributed by atoms with Gasteiger partial charge in [0.15, 0.2) is 0 Å². The van der Waals surface area contributed by atoms with Crippen LogP contribution in [-0.4, -0.2) is 34.1 Å². The van der Waals surface area contributed by atoms with Gasteiger partial charge in [0, 0.05) is 18.6 Å². The number of thiazole rings is 1. The maximum absolute atomic E-state index is 13.7. The smallest absolute Gasteiger partial charge is 0.374 e. The molecule has 0 bridgehead atoms. The number of aliphatic hydroxyl groups is 1. The molecule has 148 valence electrons. The van der Waals surface area contributed by atoms with Crippen molar-refractivity contribution in [3.05, 3.63) is 64.1 Å². The minimum Gasteiger partial charge on any atom is -0.374 e. The second kappa shape index (κ2) is 7.69. The predicted octanol–water partition coefficient (Wildman–Crippen LogP) is 4.75. The zero-order valence-electron chi connectivity index (χ0n) is 14.7. The Labute approximate surface area is 168 Å². The standard InChI is InChI=1S/C19H16ClF3N2O2S/c1-25(11-12-6-8-13(20)9-7-12)16(26)10-18(27,19(21,22)23)17-24-14-4-2-3-5-15(14)28-17/h2-9,27H,10-11H2,1H3. The van der Waals surface area contributed by atoms with Crippen molar-refractivity contribution in [2.45, 2.75) is 24.7 Å². The Balaban J connectivity index is 1.85. The third kappa shape index (κ3) is 4.14. The van der Waals surface area contributed by atoms with Crippen LogP contribution in [0.2, 0.25) is 5.02 Å². The van der Waals surface area contributed by atoms with E-state index >= 15 is 0 Å². The van der Waals surface area contributed by atoms with Gasteiger partial charge in [-0.1, -0.05) is 35.9 Å². The van der Waals surface area contributed by atoms with Crippen LogP contribution in [0.4, 0.5) is 13.2 Å². The van der Waals surface area contributed by atoms with Gasteiger partial charge in [-0.05, 0) is 29.8 Å². The fourth-order valence-corrected chi connectivity index (χ4v) is 3.85. The molecule has 0 aliphatic rings. The van der Waals surface area contributed by atoms with E-state index in [4.69, 9.17) is 11.6 Å². The summed E-state index contributed by atoms with van der Waals surface area (Å²) in [5.74, 6) is -0.853. The van der Waals surface area contributed by atoms with Crippen LogP contribution in [0, 0.1) is 0 Å². The van der Waals surface area contributed by atoms with Crippen molar-refractivity contribution in [1.82, 2.24) is 9.88 Å². The Morgan fingerprint density at radius 2 is 1.82 bits per heavy atom. The maximum atomic E-state index is 13.7. The molecule has 0 aliphatic heterocycles. The Hall–Kier alpha value is -2.16. The van der Waals surface area contributed by atoms with Gasteiger partial charge in [-0.25, -0.2) is 4.98 Å². The van der Waals surface area contributed by atoms with Gasteiger partial charge in [0.25, 0.3) is 0 Å². The summed E-state index contributed by atoms with van der Waals surface area (Å²) in [6, 6.07) is 13.1. The van der Waals surface area contributed by atoms with Crippen LogP contribution < -0.4 is 0 Å². The van der Waals surface area contributed by atoms with E-state index in [1.807, 2.05) is 0 Å². The second-order valence-electron chi connectivity index (χ2n) is 6.40. The molecule has 0 spiro atoms. The first-order valence-corrected chi connectivity index (χ1v) is 9.43. The number of alkyl halides is 3. The first-order chi connectivity index (χ1) is 13.1. The summed E-state index contributed by atoms with van der Waals surface area (Å²) in [7, 11) is 1.38. The number of halogens is 4. The fourth-order valence-electron chi connectivity index (χ4n) is 2.65. The zero-order valence-corrected chi connectivity index (χ0v) is 16.3. The maximum Gasteiger partial charge on any atom is 0.424 e. The normalized spacial score (nSPS) is 14.1. The van der Waals surface area contributed by atoms with Crippen LogP contribution in [0.3, 0.4) is 0 Å². The Kier molecular flexibility index (Phi) is 5.65. The highest BCUT2D eigenvalue weighted by molar-refractivity contribution is 7.18. The number of aromatic nitrogens is 1. The van der Waals surface area contributed by atoms with Gasteiger partial charge in [0.1, 0.15) is 5.01 Å². The van der Waals surface area contributed by atoms with E-state index in [0.29, 0.717) is 20.8 Å². The molecule has 0 aliphatic carbocycles. The molecule has 1 N–H and O–H groups in total. The molecule has 1 aromatic heterocycles. The van der Waals surface area contributed by atoms with E-state index in [1.54, 1.807) is 48.5 Å². The summed E-state index contributed by atoms with van der Waals surface area (Å²) >= 11 is 6.53. The summed E-state index contributed by atoms with van der Waals surface area (Å²) in [6.45, 7) is 0.0871. The van der Waals surface area contributed by atoms with E-state index in [9.17, 15) is 23.1 Å². The van der Waals surface area contributed by atoms with Crippen molar-refractivity contribution in [1.29, 1.82) is 0 Å². The van der Waals surface area contributed by atoms with Gasteiger partial charge < -0.3 is 10.0 Å². The van der Waals surface area contributed by atoms with Gasteiger partial charge >= 0.3 is 6.18 Å². The van der Waals surface area contributed by atoms with Gasteiger partial charge in [-0.3, -0.25) is 4.79 Å². The first-order valence-electron chi connectivity index (χ1n) is 8.24. The van der Waals surface area contributed by atoms with Crippen LogP contribution in [0.1, 0.15) is 17.0 Å². The van der Waals surface area contributed by atoms with E-state index < -0.39 is 29.1 Å². The third-order valence-electron chi connectivity index (χ3n) is 4.28. The lowest BCUT2D eigenvalue weighted by molar-refractivity contribution is -0.268. The van der Waals surface area contributed by atoms with E-state index in [-0.39, 0.29) is 6.54 Å². The summed E-state index contributed by atoms with van der Waals surface area (Å²) in [4.78, 5) is 17.5. The SMILES string of the molecule is CN(Cc1ccc(Cl)cc1)C(=O)CC(O)(c1nc2ccccc2s1)C(F)(F)F. The van der Waals surface area contributed by atoms with Gasteiger partial charge in [-0.15, -0.1) is 11.3 Å². The monoisotopic (exact) mass is 428 g/mol. The topological polar surface area (TPSA) is 53.4 Å². The summed E-state index contributed by atoms with van der Waals surface area (Å²) in [5, 5.41) is 10.5. The average molecular weight is 429 g/mol. The van der Waals surface area contributed by atoms with Crippen LogP contribution in [-0.2, 0) is 16.9 Å². The molecule has 0 saturated carbocycles. The molecule has 1 amide bonds. The van der Waals surface area contributed by atoms with Crippen molar-refractivity contribution in [3.63, 3.8) is 0 Å². The average Bonchev–Trinajstić information content (AvgIpc) is 3.07. The number of rotatable bonds is 5. The van der Waals surface area contributed by atoms with Crippen molar-refractivity contribution in [2.75, 3.05) is 7.05 Å². The number of carbonyl (C=O) groups is 1. The summed E-state index contributed by atoms with van der Waals surface area (Å²) in [6.07, 6.45) is -6.21. The Morgan fingerprint density at radius 3 is 2.43 bits per heavy atom. The molecular formula is C19H16ClF3N2O2S. The lowest BCUT2D eigenvalue weighted by Gasteiger charge is -2.29. The minimum atomic E-state index is -5.06. The number of para-hydroxylation sites is 1. The lowest BCUT2D eigenvalue weighted by Crippen LogP contribution is -2.46. The summed E-state index contributed by atoms with van der Waals surface area (Å²) in [5.41, 5.74) is -2.31. The van der Waals surface area contributed by atoms with Crippen molar-refractivity contribution in [2.24, 2.45) is 0 Å². The fraction of sp³-hybridized carbons (Fsp3) is 0.263. The molecule has 3 aromatic rings. The number of fused-ring (bicyclic) bond motifs is 1. The number of benzene rings is 2. The lowest BCUT2D eigenvalue weighted by atomic mass is 9.98. The largest absolute Gasteiger partial charge is 0.424 e. The molecule has 4 nitrogen and oxygen atoms in total. The van der Waals surface area contributed by atoms with Crippen LogP contribution in [0.15, 0.2) is 48.5 Å². The van der Waals surface area contributed by atoms with Gasteiger partial charge in [0.05, 0.1) is 16.6 Å². The molecule has 28 heavy (non-hydrogen) atoms. The van der Waals surface area contributed by atoms with E-state index in [2.05, 4.69) is 4.98 Å². The minimum absolute atomic E-state index is 0.0871. The summed E-state index contributed by atoms with van der Waals surface area (Å²) < 4.78 is 41.7. The van der Waals surface area contributed by atoms with E-state index in [0.717, 1.165) is 16.2 Å². The van der Waals surface area contributed by atoms with Crippen LogP contribution in [0.25, 0.3) is 10.2 Å². The molecule has 0 radical (unpaired) electrons. The Morgan fingerprint density at radius 1 is 1.18 bits per heavy atom. The molecule has 0 saturated heterocycles. The zero-order chi connectivity index (χ0) is 20.5. The highest BCUT2D eigenvalue weighted by Gasteiger charge is 2.58. The number of hydrogen-bond donors (Lipinski definition) is 1. The van der Waals surface area contributed by atoms with Crippen molar-refractivity contribution >= 4 is 39.1 Å². The molecular weight excluding hydrogens is 413 g/mol. The molecule has 2 aromatic carbocycles. The number of nitrogens with zero attached hydrogens (tertiary/aromatic N) is 2. The third-order valence-corrected chi connectivity index (χ3v) is 5.72. The first kappa shape index (κ1) is 20.6. The highest BCUT2D eigenvalue weighted by atomic mass is 35.5. The van der Waals surface area contributed by atoms with Gasteiger partial charge in [0.2, 0.25) is 11.5 Å². The van der Waals surface area contributed by atoms with Crippen molar-refractivity contribution in [3.8, 4) is 0 Å².